The molecule has 10 heavy (non-hydrogen) atoms. The van der Waals surface area contributed by atoms with Crippen LogP contribution in [0.3, 0.4) is 0 Å². The summed E-state index contributed by atoms with van der Waals surface area (Å²) >= 11 is 0. The van der Waals surface area contributed by atoms with Gasteiger partial charge in [0.05, 0.1) is 0 Å². The van der Waals surface area contributed by atoms with Gasteiger partial charge in [-0.2, -0.15) is 10.7 Å². The number of ether oxygens (including phenoxy) is 1. The summed E-state index contributed by atoms with van der Waals surface area (Å²) in [7, 11) is 5.14. The molecule has 6 heteroatoms. The van der Waals surface area contributed by atoms with E-state index < -0.39 is 0 Å². The lowest BCUT2D eigenvalue weighted by Crippen LogP contribution is -2.08. The van der Waals surface area contributed by atoms with Crippen molar-refractivity contribution in [2.75, 3.05) is 21.0 Å². The van der Waals surface area contributed by atoms with Crippen LogP contribution in [0.15, 0.2) is 0 Å². The number of hydrogen-bond acceptors (Lipinski definition) is 5. The number of nitrogens with one attached hydrogen (secondary N) is 1. The number of methoxy groups -OCH3 is 1. The van der Waals surface area contributed by atoms with Crippen LogP contribution in [0.5, 0.6) is 0 Å². The number of rotatable bonds is 3. The third-order valence-corrected chi connectivity index (χ3v) is 0.295. The maximum atomic E-state index is 7.75. The van der Waals surface area contributed by atoms with Crippen molar-refractivity contribution in [3.05, 3.63) is 0 Å². The first kappa shape index (κ1) is 12.3. The van der Waals surface area contributed by atoms with Gasteiger partial charge in [0, 0.05) is 14.2 Å². The molecule has 0 aromatic heterocycles. The summed E-state index contributed by atoms with van der Waals surface area (Å²) in [5.41, 5.74) is 1.93. The second kappa shape index (κ2) is 15.8. The average Bonchev–Trinajstić information content (AvgIpc) is 1.91. The summed E-state index contributed by atoms with van der Waals surface area (Å²) < 4.78 is 8.57. The highest BCUT2D eigenvalue weighted by molar-refractivity contribution is 7.09. The third kappa shape index (κ3) is 25.5. The molecule has 0 aromatic carbocycles. The lowest BCUT2D eigenvalue weighted by molar-refractivity contribution is -0.0634. The Labute approximate surface area is 62.5 Å². The number of hydrogen-bond donors (Lipinski definition) is 1. The molecule has 0 bridgehead atoms. The van der Waals surface area contributed by atoms with Gasteiger partial charge in [0.25, 0.3) is 0 Å². The third-order valence-electron chi connectivity index (χ3n) is 0.295. The highest BCUT2D eigenvalue weighted by atomic mass is 31.0. The van der Waals surface area contributed by atoms with E-state index in [9.17, 15) is 0 Å². The minimum absolute atomic E-state index is 0.0908. The van der Waals surface area contributed by atoms with Crippen LogP contribution in [0.2, 0.25) is 0 Å². The van der Waals surface area contributed by atoms with E-state index in [0.717, 1.165) is 0 Å². The molecule has 0 aliphatic heterocycles. The van der Waals surface area contributed by atoms with E-state index in [1.807, 2.05) is 5.48 Å². The van der Waals surface area contributed by atoms with Gasteiger partial charge < -0.3 is 9.26 Å². The van der Waals surface area contributed by atoms with Gasteiger partial charge in [0.2, 0.25) is 6.19 Å². The summed E-state index contributed by atoms with van der Waals surface area (Å²) in [6.45, 7) is 0.0908. The van der Waals surface area contributed by atoms with Gasteiger partial charge in [0.1, 0.15) is 0 Å². The summed E-state index contributed by atoms with van der Waals surface area (Å²) in [6.07, 6.45) is 1.55. The Kier molecular flexibility index (Phi) is 19.5. The Bertz CT molecular complexity index is 85.1. The van der Waals surface area contributed by atoms with E-state index in [4.69, 9.17) is 5.26 Å². The van der Waals surface area contributed by atoms with Gasteiger partial charge >= 0.3 is 0 Å². The van der Waals surface area contributed by atoms with Crippen LogP contribution < -0.4 is 5.48 Å². The normalized spacial score (nSPS) is 7.00. The quantitative estimate of drug-likeness (QED) is 0.160. The van der Waals surface area contributed by atoms with E-state index in [0.29, 0.717) is 0 Å². The van der Waals surface area contributed by atoms with E-state index in [1.165, 1.54) is 7.11 Å². The SMILES string of the molecule is COCONC#N.COP. The first-order valence-corrected chi connectivity index (χ1v) is 2.78. The summed E-state index contributed by atoms with van der Waals surface area (Å²) in [5, 5.41) is 7.75. The number of hydroxylamine groups is 1. The van der Waals surface area contributed by atoms with Gasteiger partial charge in [-0.15, -0.1) is 0 Å². The molecule has 0 aliphatic rings. The fraction of sp³-hybridized carbons (Fsp3) is 0.750. The molecule has 0 rings (SSSR count). The van der Waals surface area contributed by atoms with Crippen LogP contribution >= 0.6 is 9.47 Å². The molecule has 0 radical (unpaired) electrons. The zero-order valence-corrected chi connectivity index (χ0v) is 7.11. The molecule has 0 aromatic rings. The van der Waals surface area contributed by atoms with Crippen molar-refractivity contribution in [3.63, 3.8) is 0 Å². The molecule has 0 aliphatic carbocycles. The Morgan fingerprint density at radius 3 is 2.40 bits per heavy atom. The molecule has 0 amide bonds. The van der Waals surface area contributed by atoms with Gasteiger partial charge in [0.15, 0.2) is 6.79 Å². The predicted octanol–water partition coefficient (Wildman–Crippen LogP) is 0.0155. The van der Waals surface area contributed by atoms with E-state index >= 15 is 0 Å². The number of nitriles is 1. The first-order chi connectivity index (χ1) is 4.83. The molecule has 1 N–H and O–H groups in total. The summed E-state index contributed by atoms with van der Waals surface area (Å²) in [4.78, 5) is 4.30. The highest BCUT2D eigenvalue weighted by Gasteiger charge is 1.73. The fourth-order valence-electron chi connectivity index (χ4n) is 0.121. The lowest BCUT2D eigenvalue weighted by atomic mass is 11.4. The topological polar surface area (TPSA) is 63.5 Å². The Morgan fingerprint density at radius 2 is 2.10 bits per heavy atom. The van der Waals surface area contributed by atoms with Crippen molar-refractivity contribution in [3.8, 4) is 6.19 Å². The van der Waals surface area contributed by atoms with Crippen molar-refractivity contribution in [1.29, 1.82) is 5.26 Å². The van der Waals surface area contributed by atoms with Crippen molar-refractivity contribution >= 4 is 9.47 Å². The summed E-state index contributed by atoms with van der Waals surface area (Å²) in [6, 6.07) is 0. The van der Waals surface area contributed by atoms with Crippen LogP contribution in [0.4, 0.5) is 0 Å². The molecule has 1 atom stereocenters. The molecule has 0 spiro atoms. The lowest BCUT2D eigenvalue weighted by Gasteiger charge is -1.93. The highest BCUT2D eigenvalue weighted by Crippen LogP contribution is 1.68. The van der Waals surface area contributed by atoms with E-state index in [-0.39, 0.29) is 6.79 Å². The second-order valence-electron chi connectivity index (χ2n) is 1.00. The monoisotopic (exact) mass is 166 g/mol. The zero-order chi connectivity index (χ0) is 8.24. The second-order valence-corrected chi connectivity index (χ2v) is 1.47. The van der Waals surface area contributed by atoms with Crippen molar-refractivity contribution < 1.29 is 14.1 Å². The molecule has 0 fully saturated rings. The molecule has 1 unspecified atom stereocenters. The Hall–Kier alpha value is -0.400. The van der Waals surface area contributed by atoms with E-state index in [1.54, 1.807) is 13.3 Å². The van der Waals surface area contributed by atoms with Gasteiger partial charge in [-0.05, 0) is 9.47 Å². The average molecular weight is 166 g/mol. The van der Waals surface area contributed by atoms with E-state index in [2.05, 4.69) is 23.6 Å². The fourth-order valence-corrected chi connectivity index (χ4v) is 0.121. The largest absolute Gasteiger partial charge is 0.369 e. The zero-order valence-electron chi connectivity index (χ0n) is 5.96. The first-order valence-electron chi connectivity index (χ1n) is 2.31. The number of nitrogens with zero attached hydrogens (tertiary/aromatic N) is 1. The molecular weight excluding hydrogens is 155 g/mol. The molecular formula is C4H11N2O3P. The van der Waals surface area contributed by atoms with Gasteiger partial charge in [-0.3, -0.25) is 0 Å². The predicted molar refractivity (Wildman–Crippen MR) is 38.4 cm³/mol. The molecule has 5 nitrogen and oxygen atoms in total. The Balaban J connectivity index is 0. The molecule has 0 saturated heterocycles. The van der Waals surface area contributed by atoms with Crippen LogP contribution in [0.25, 0.3) is 0 Å². The van der Waals surface area contributed by atoms with Crippen molar-refractivity contribution in [1.82, 2.24) is 5.48 Å². The molecule has 0 saturated carbocycles. The van der Waals surface area contributed by atoms with Gasteiger partial charge in [-0.1, -0.05) is 0 Å². The Morgan fingerprint density at radius 1 is 1.60 bits per heavy atom. The van der Waals surface area contributed by atoms with Crippen LogP contribution in [-0.2, 0) is 14.1 Å². The van der Waals surface area contributed by atoms with Crippen molar-refractivity contribution in [2.24, 2.45) is 0 Å². The maximum Gasteiger partial charge on any atom is 0.202 e. The van der Waals surface area contributed by atoms with Gasteiger partial charge in [-0.25, -0.2) is 4.84 Å². The maximum absolute atomic E-state index is 7.75. The smallest absolute Gasteiger partial charge is 0.202 e. The van der Waals surface area contributed by atoms with Crippen LogP contribution in [0.1, 0.15) is 0 Å². The summed E-state index contributed by atoms with van der Waals surface area (Å²) in [5.74, 6) is 0. The van der Waals surface area contributed by atoms with Crippen molar-refractivity contribution in [2.45, 2.75) is 0 Å². The minimum atomic E-state index is 0.0908. The van der Waals surface area contributed by atoms with Crippen LogP contribution in [0, 0.1) is 11.5 Å². The van der Waals surface area contributed by atoms with Crippen LogP contribution in [-0.4, -0.2) is 21.0 Å². The molecule has 60 valence electrons. The minimum Gasteiger partial charge on any atom is -0.369 e. The standard InChI is InChI=1S/C3H6N2O2.CH5OP/c1-6-3-7-5-2-4;1-2-3/h5H,3H2,1H3;3H2,1H3. The molecule has 0 heterocycles.